The average Bonchev–Trinajstić information content (AvgIpc) is 2.79. The molecule has 2 atom stereocenters. The summed E-state index contributed by atoms with van der Waals surface area (Å²) in [5.74, 6) is 0.202. The molecule has 1 heterocycles. The van der Waals surface area contributed by atoms with Gasteiger partial charge in [0.05, 0.1) is 11.4 Å². The van der Waals surface area contributed by atoms with E-state index >= 15 is 0 Å². The van der Waals surface area contributed by atoms with Crippen LogP contribution in [0.5, 0.6) is 0 Å². The van der Waals surface area contributed by atoms with E-state index < -0.39 is 0 Å². The molecule has 0 bridgehead atoms. The maximum Gasteiger partial charge on any atom is 0.137 e. The lowest BCUT2D eigenvalue weighted by Gasteiger charge is -2.19. The fraction of sp³-hybridized carbons (Fsp3) is 0.438. The second kappa shape index (κ2) is 7.07. The highest BCUT2D eigenvalue weighted by molar-refractivity contribution is 6.30. The zero-order valence-corrected chi connectivity index (χ0v) is 13.4. The Kier molecular flexibility index (Phi) is 5.39. The van der Waals surface area contributed by atoms with E-state index in [0.29, 0.717) is 11.7 Å². The predicted octanol–water partition coefficient (Wildman–Crippen LogP) is 2.94. The van der Waals surface area contributed by atoms with Crippen molar-refractivity contribution in [2.24, 2.45) is 5.92 Å². The molecule has 2 unspecified atom stereocenters. The van der Waals surface area contributed by atoms with Crippen molar-refractivity contribution in [3.05, 3.63) is 46.7 Å². The van der Waals surface area contributed by atoms with Crippen LogP contribution in [0.2, 0.25) is 5.15 Å². The molecule has 2 rings (SSSR count). The molecule has 0 amide bonds. The molecule has 5 heteroatoms. The van der Waals surface area contributed by atoms with Crippen LogP contribution < -0.4 is 5.32 Å². The number of aliphatic hydroxyl groups excluding tert-OH is 1. The van der Waals surface area contributed by atoms with Gasteiger partial charge in [0.15, 0.2) is 0 Å². The topological polar surface area (TPSA) is 50.1 Å². The van der Waals surface area contributed by atoms with Crippen molar-refractivity contribution < 1.29 is 5.11 Å². The second-order valence-corrected chi connectivity index (χ2v) is 5.79. The highest BCUT2D eigenvalue weighted by Crippen LogP contribution is 2.23. The molecule has 21 heavy (non-hydrogen) atoms. The van der Waals surface area contributed by atoms with Gasteiger partial charge in [0.25, 0.3) is 0 Å². The lowest BCUT2D eigenvalue weighted by Crippen LogP contribution is -2.33. The van der Waals surface area contributed by atoms with Gasteiger partial charge in [-0.15, -0.1) is 0 Å². The van der Waals surface area contributed by atoms with E-state index in [1.54, 1.807) is 4.68 Å². The van der Waals surface area contributed by atoms with Gasteiger partial charge in [0, 0.05) is 24.8 Å². The molecule has 0 radical (unpaired) electrons. The summed E-state index contributed by atoms with van der Waals surface area (Å²) in [7, 11) is 0. The van der Waals surface area contributed by atoms with Crippen molar-refractivity contribution in [2.45, 2.75) is 33.4 Å². The number of nitrogens with one attached hydrogen (secondary N) is 1. The number of hydrogen-bond acceptors (Lipinski definition) is 3. The van der Waals surface area contributed by atoms with Crippen LogP contribution >= 0.6 is 11.6 Å². The van der Waals surface area contributed by atoms with Gasteiger partial charge in [0.2, 0.25) is 0 Å². The molecule has 1 aromatic heterocycles. The molecule has 0 saturated carbocycles. The van der Waals surface area contributed by atoms with E-state index in [4.69, 9.17) is 11.6 Å². The first kappa shape index (κ1) is 16.0. The molecule has 2 N–H and O–H groups in total. The number of aromatic nitrogens is 2. The molecule has 1 aromatic carbocycles. The summed E-state index contributed by atoms with van der Waals surface area (Å²) in [5, 5.41) is 17.7. The fourth-order valence-corrected chi connectivity index (χ4v) is 2.43. The van der Waals surface area contributed by atoms with Gasteiger partial charge in [-0.3, -0.25) is 0 Å². The molecule has 0 fully saturated rings. The van der Waals surface area contributed by atoms with Gasteiger partial charge in [-0.2, -0.15) is 5.10 Å². The minimum absolute atomic E-state index is 0.171. The Balaban J connectivity index is 2.17. The Bertz CT molecular complexity index is 583. The number of halogens is 1. The summed E-state index contributed by atoms with van der Waals surface area (Å²) in [6, 6.07) is 10.1. The number of aryl methyl sites for hydroxylation is 1. The summed E-state index contributed by atoms with van der Waals surface area (Å²) in [6.45, 7) is 6.85. The molecule has 0 aliphatic heterocycles. The van der Waals surface area contributed by atoms with Crippen LogP contribution in [0.25, 0.3) is 5.69 Å². The zero-order valence-electron chi connectivity index (χ0n) is 12.7. The first-order valence-corrected chi connectivity index (χ1v) is 7.56. The molecular weight excluding hydrogens is 286 g/mol. The first-order chi connectivity index (χ1) is 10.0. The third kappa shape index (κ3) is 3.64. The minimum atomic E-state index is 0.171. The monoisotopic (exact) mass is 307 g/mol. The molecular formula is C16H22ClN3O. The number of nitrogens with zero attached hydrogens (tertiary/aromatic N) is 2. The summed E-state index contributed by atoms with van der Waals surface area (Å²) < 4.78 is 1.76. The summed E-state index contributed by atoms with van der Waals surface area (Å²) in [6.07, 6.45) is 0. The average molecular weight is 308 g/mol. The maximum absolute atomic E-state index is 9.18. The minimum Gasteiger partial charge on any atom is -0.396 e. The molecule has 0 aliphatic carbocycles. The van der Waals surface area contributed by atoms with E-state index in [1.165, 1.54) is 0 Å². The van der Waals surface area contributed by atoms with Gasteiger partial charge in [-0.05, 0) is 31.9 Å². The highest BCUT2D eigenvalue weighted by atomic mass is 35.5. The van der Waals surface area contributed by atoms with E-state index in [9.17, 15) is 5.11 Å². The van der Waals surface area contributed by atoms with E-state index in [2.05, 4.69) is 17.3 Å². The van der Waals surface area contributed by atoms with Crippen molar-refractivity contribution in [3.8, 4) is 5.69 Å². The Morgan fingerprint density at radius 2 is 1.95 bits per heavy atom. The number of rotatable bonds is 6. The smallest absolute Gasteiger partial charge is 0.137 e. The van der Waals surface area contributed by atoms with Gasteiger partial charge in [-0.25, -0.2) is 4.68 Å². The predicted molar refractivity (Wildman–Crippen MR) is 85.9 cm³/mol. The Hall–Kier alpha value is -1.36. The van der Waals surface area contributed by atoms with Crippen molar-refractivity contribution in [2.75, 3.05) is 6.61 Å². The standard InChI is InChI=1S/C16H22ClN3O/c1-11(10-21)12(2)18-9-15-13(3)19-20(16(15)17)14-7-5-4-6-8-14/h4-8,11-12,18,21H,9-10H2,1-3H3. The van der Waals surface area contributed by atoms with E-state index in [1.807, 2.05) is 44.2 Å². The zero-order chi connectivity index (χ0) is 15.4. The molecule has 2 aromatic rings. The van der Waals surface area contributed by atoms with Gasteiger partial charge in [0.1, 0.15) is 5.15 Å². The van der Waals surface area contributed by atoms with Gasteiger partial charge < -0.3 is 10.4 Å². The van der Waals surface area contributed by atoms with Crippen molar-refractivity contribution in [1.29, 1.82) is 0 Å². The van der Waals surface area contributed by atoms with E-state index in [-0.39, 0.29) is 18.6 Å². The quantitative estimate of drug-likeness (QED) is 0.862. The Morgan fingerprint density at radius 1 is 1.29 bits per heavy atom. The largest absolute Gasteiger partial charge is 0.396 e. The summed E-state index contributed by atoms with van der Waals surface area (Å²) in [5.41, 5.74) is 2.87. The molecule has 0 spiro atoms. The van der Waals surface area contributed by atoms with Crippen LogP contribution in [0, 0.1) is 12.8 Å². The molecule has 0 aliphatic rings. The number of para-hydroxylation sites is 1. The van der Waals surface area contributed by atoms with Gasteiger partial charge in [-0.1, -0.05) is 36.7 Å². The van der Waals surface area contributed by atoms with Crippen LogP contribution in [0.15, 0.2) is 30.3 Å². The van der Waals surface area contributed by atoms with Crippen LogP contribution in [-0.4, -0.2) is 27.5 Å². The molecule has 0 saturated heterocycles. The fourth-order valence-electron chi connectivity index (χ4n) is 2.09. The Labute approximate surface area is 130 Å². The third-order valence-corrected chi connectivity index (χ3v) is 4.25. The Morgan fingerprint density at radius 3 is 2.57 bits per heavy atom. The van der Waals surface area contributed by atoms with Crippen molar-refractivity contribution >= 4 is 11.6 Å². The lowest BCUT2D eigenvalue weighted by atomic mass is 10.1. The summed E-state index contributed by atoms with van der Waals surface area (Å²) in [4.78, 5) is 0. The first-order valence-electron chi connectivity index (χ1n) is 7.18. The molecule has 4 nitrogen and oxygen atoms in total. The maximum atomic E-state index is 9.18. The van der Waals surface area contributed by atoms with Crippen LogP contribution in [0.3, 0.4) is 0 Å². The SMILES string of the molecule is Cc1nn(-c2ccccc2)c(Cl)c1CNC(C)C(C)CO. The molecule has 114 valence electrons. The second-order valence-electron chi connectivity index (χ2n) is 5.43. The number of benzene rings is 1. The normalized spacial score (nSPS) is 14.1. The van der Waals surface area contributed by atoms with Gasteiger partial charge >= 0.3 is 0 Å². The number of aliphatic hydroxyl groups is 1. The third-order valence-electron chi connectivity index (χ3n) is 3.86. The lowest BCUT2D eigenvalue weighted by molar-refractivity contribution is 0.207. The number of hydrogen-bond donors (Lipinski definition) is 2. The highest BCUT2D eigenvalue weighted by Gasteiger charge is 2.16. The van der Waals surface area contributed by atoms with Crippen LogP contribution in [-0.2, 0) is 6.54 Å². The van der Waals surface area contributed by atoms with E-state index in [0.717, 1.165) is 16.9 Å². The van der Waals surface area contributed by atoms with Crippen LogP contribution in [0.1, 0.15) is 25.1 Å². The van der Waals surface area contributed by atoms with Crippen LogP contribution in [0.4, 0.5) is 0 Å². The summed E-state index contributed by atoms with van der Waals surface area (Å²) >= 11 is 6.47. The van der Waals surface area contributed by atoms with Crippen molar-refractivity contribution in [3.63, 3.8) is 0 Å². The van der Waals surface area contributed by atoms with Crippen molar-refractivity contribution in [1.82, 2.24) is 15.1 Å².